The molecule has 0 saturated heterocycles. The van der Waals surface area contributed by atoms with Gasteiger partial charge in [0.1, 0.15) is 0 Å². The van der Waals surface area contributed by atoms with Gasteiger partial charge < -0.3 is 10.1 Å². The number of pyridine rings is 1. The van der Waals surface area contributed by atoms with Crippen LogP contribution in [0.25, 0.3) is 0 Å². The third-order valence-electron chi connectivity index (χ3n) is 2.30. The topological polar surface area (TPSA) is 34.1 Å². The Hall–Kier alpha value is -0.290. The number of hydrogen-bond donors (Lipinski definition) is 1. The molecule has 0 aliphatic carbocycles. The highest BCUT2D eigenvalue weighted by Gasteiger charge is 2.04. The monoisotopic (exact) mass is 288 g/mol. The number of halogens is 1. The first-order valence-electron chi connectivity index (χ1n) is 6.29. The lowest BCUT2D eigenvalue weighted by Crippen LogP contribution is -2.24. The Kier molecular flexibility index (Phi) is 8.42. The Bertz CT molecular complexity index is 321. The van der Waals surface area contributed by atoms with E-state index in [2.05, 4.69) is 17.2 Å². The van der Waals surface area contributed by atoms with Gasteiger partial charge in [-0.25, -0.2) is 4.98 Å². The van der Waals surface area contributed by atoms with Crippen molar-refractivity contribution in [3.8, 4) is 0 Å². The third kappa shape index (κ3) is 7.21. The maximum Gasteiger partial charge on any atom is 0.0964 e. The minimum atomic E-state index is 0.491. The molecule has 1 N–H and O–H groups in total. The Morgan fingerprint density at radius 3 is 3.00 bits per heavy atom. The summed E-state index contributed by atoms with van der Waals surface area (Å²) in [5, 5.41) is 5.61. The largest absolute Gasteiger partial charge is 0.382 e. The average Bonchev–Trinajstić information content (AvgIpc) is 2.36. The molecule has 18 heavy (non-hydrogen) atoms. The second-order valence-electron chi connectivity index (χ2n) is 4.00. The Balaban J connectivity index is 2.10. The minimum absolute atomic E-state index is 0.491. The highest BCUT2D eigenvalue weighted by atomic mass is 35.5. The fourth-order valence-electron chi connectivity index (χ4n) is 1.43. The van der Waals surface area contributed by atoms with Crippen LogP contribution in [0.4, 0.5) is 0 Å². The second kappa shape index (κ2) is 9.62. The van der Waals surface area contributed by atoms with Gasteiger partial charge in [-0.1, -0.05) is 18.5 Å². The van der Waals surface area contributed by atoms with Crippen LogP contribution in [0.15, 0.2) is 23.4 Å². The molecule has 0 aromatic carbocycles. The summed E-state index contributed by atoms with van der Waals surface area (Å²) >= 11 is 7.55. The van der Waals surface area contributed by atoms with E-state index in [1.54, 1.807) is 18.0 Å². The first kappa shape index (κ1) is 15.8. The zero-order chi connectivity index (χ0) is 13.2. The van der Waals surface area contributed by atoms with Crippen molar-refractivity contribution in [3.05, 3.63) is 23.4 Å². The van der Waals surface area contributed by atoms with Crippen LogP contribution >= 0.6 is 23.4 Å². The maximum absolute atomic E-state index is 5.80. The van der Waals surface area contributed by atoms with Gasteiger partial charge >= 0.3 is 0 Å². The lowest BCUT2D eigenvalue weighted by Gasteiger charge is -2.11. The van der Waals surface area contributed by atoms with Gasteiger partial charge in [0.2, 0.25) is 0 Å². The van der Waals surface area contributed by atoms with Gasteiger partial charge in [-0.15, -0.1) is 11.8 Å². The van der Waals surface area contributed by atoms with Crippen LogP contribution in [0, 0.1) is 0 Å². The Morgan fingerprint density at radius 1 is 1.50 bits per heavy atom. The Morgan fingerprint density at radius 2 is 2.33 bits per heavy atom. The molecule has 5 heteroatoms. The van der Waals surface area contributed by atoms with Gasteiger partial charge in [-0.05, 0) is 32.0 Å². The number of nitrogens with one attached hydrogen (secondary N) is 1. The van der Waals surface area contributed by atoms with Crippen LogP contribution in [0.5, 0.6) is 0 Å². The molecule has 0 radical (unpaired) electrons. The first-order chi connectivity index (χ1) is 8.72. The summed E-state index contributed by atoms with van der Waals surface area (Å²) in [5.74, 6) is 0. The molecule has 1 unspecified atom stereocenters. The summed E-state index contributed by atoms with van der Waals surface area (Å²) in [6.07, 6.45) is 2.75. The second-order valence-corrected chi connectivity index (χ2v) is 5.89. The third-order valence-corrected chi connectivity index (χ3v) is 3.58. The van der Waals surface area contributed by atoms with Gasteiger partial charge in [0, 0.05) is 31.2 Å². The van der Waals surface area contributed by atoms with Crippen molar-refractivity contribution in [2.75, 3.05) is 26.3 Å². The van der Waals surface area contributed by atoms with Crippen molar-refractivity contribution in [1.82, 2.24) is 10.3 Å². The van der Waals surface area contributed by atoms with Gasteiger partial charge in [-0.3, -0.25) is 0 Å². The molecule has 0 spiro atoms. The highest BCUT2D eigenvalue weighted by Crippen LogP contribution is 2.21. The minimum Gasteiger partial charge on any atom is -0.382 e. The molecule has 102 valence electrons. The van der Waals surface area contributed by atoms with Crippen LogP contribution in [0.1, 0.15) is 20.3 Å². The number of rotatable bonds is 9. The fraction of sp³-hybridized carbons (Fsp3) is 0.615. The van der Waals surface area contributed by atoms with E-state index in [0.717, 1.165) is 37.8 Å². The van der Waals surface area contributed by atoms with Gasteiger partial charge in [0.05, 0.1) is 10.0 Å². The van der Waals surface area contributed by atoms with E-state index < -0.39 is 0 Å². The van der Waals surface area contributed by atoms with Crippen molar-refractivity contribution in [1.29, 1.82) is 0 Å². The van der Waals surface area contributed by atoms with E-state index in [1.165, 1.54) is 0 Å². The zero-order valence-corrected chi connectivity index (χ0v) is 12.6. The van der Waals surface area contributed by atoms with Crippen LogP contribution in [-0.2, 0) is 4.74 Å². The van der Waals surface area contributed by atoms with Crippen molar-refractivity contribution >= 4 is 23.4 Å². The molecule has 1 rings (SSSR count). The van der Waals surface area contributed by atoms with Crippen LogP contribution in [0.3, 0.4) is 0 Å². The van der Waals surface area contributed by atoms with Crippen molar-refractivity contribution in [2.24, 2.45) is 0 Å². The molecule has 3 nitrogen and oxygen atoms in total. The Labute approximate surface area is 119 Å². The zero-order valence-electron chi connectivity index (χ0n) is 11.0. The van der Waals surface area contributed by atoms with Gasteiger partial charge in [0.15, 0.2) is 0 Å². The molecule has 1 heterocycles. The normalized spacial score (nSPS) is 12.6. The highest BCUT2D eigenvalue weighted by molar-refractivity contribution is 7.99. The van der Waals surface area contributed by atoms with Crippen molar-refractivity contribution in [3.63, 3.8) is 0 Å². The van der Waals surface area contributed by atoms with Crippen molar-refractivity contribution < 1.29 is 4.74 Å². The molecule has 0 bridgehead atoms. The van der Waals surface area contributed by atoms with Gasteiger partial charge in [-0.2, -0.15) is 0 Å². The molecule has 0 amide bonds. The summed E-state index contributed by atoms with van der Waals surface area (Å²) < 4.78 is 5.28. The van der Waals surface area contributed by atoms with Crippen LogP contribution in [-0.4, -0.2) is 36.5 Å². The SMILES string of the molecule is CCOCCCNCC(C)Sc1ccc(Cl)cn1. The standard InChI is InChI=1S/C13H21ClN2OS/c1-3-17-8-4-7-15-9-11(2)18-13-6-5-12(14)10-16-13/h5-6,10-11,15H,3-4,7-9H2,1-2H3. The van der Waals surface area contributed by atoms with E-state index in [1.807, 2.05) is 19.1 Å². The smallest absolute Gasteiger partial charge is 0.0964 e. The lowest BCUT2D eigenvalue weighted by molar-refractivity contribution is 0.145. The molecule has 1 aromatic rings. The maximum atomic E-state index is 5.80. The van der Waals surface area contributed by atoms with Crippen molar-refractivity contribution in [2.45, 2.75) is 30.5 Å². The average molecular weight is 289 g/mol. The molecule has 0 aliphatic rings. The summed E-state index contributed by atoms with van der Waals surface area (Å²) in [5.41, 5.74) is 0. The number of ether oxygens (including phenoxy) is 1. The quantitative estimate of drug-likeness (QED) is 0.559. The van der Waals surface area contributed by atoms with E-state index in [0.29, 0.717) is 10.3 Å². The number of aromatic nitrogens is 1. The predicted molar refractivity (Wildman–Crippen MR) is 78.5 cm³/mol. The summed E-state index contributed by atoms with van der Waals surface area (Å²) in [7, 11) is 0. The number of nitrogens with zero attached hydrogens (tertiary/aromatic N) is 1. The van der Waals surface area contributed by atoms with E-state index in [-0.39, 0.29) is 0 Å². The lowest BCUT2D eigenvalue weighted by atomic mass is 10.4. The number of thioether (sulfide) groups is 1. The molecule has 1 atom stereocenters. The fourth-order valence-corrected chi connectivity index (χ4v) is 2.41. The summed E-state index contributed by atoms with van der Waals surface area (Å²) in [6, 6.07) is 3.83. The molecular formula is C13H21ClN2OS. The summed E-state index contributed by atoms with van der Waals surface area (Å²) in [6.45, 7) is 7.82. The molecule has 1 aromatic heterocycles. The predicted octanol–water partition coefficient (Wildman–Crippen LogP) is 3.23. The molecule has 0 fully saturated rings. The van der Waals surface area contributed by atoms with Gasteiger partial charge in [0.25, 0.3) is 0 Å². The summed E-state index contributed by atoms with van der Waals surface area (Å²) in [4.78, 5) is 4.27. The van der Waals surface area contributed by atoms with Crippen LogP contribution in [0.2, 0.25) is 5.02 Å². The van der Waals surface area contributed by atoms with E-state index in [9.17, 15) is 0 Å². The number of hydrogen-bond acceptors (Lipinski definition) is 4. The molecule has 0 aliphatic heterocycles. The molecule has 0 saturated carbocycles. The molecular weight excluding hydrogens is 268 g/mol. The van der Waals surface area contributed by atoms with E-state index in [4.69, 9.17) is 16.3 Å². The first-order valence-corrected chi connectivity index (χ1v) is 7.54. The van der Waals surface area contributed by atoms with E-state index >= 15 is 0 Å². The van der Waals surface area contributed by atoms with Crippen LogP contribution < -0.4 is 5.32 Å².